The van der Waals surface area contributed by atoms with Crippen LogP contribution in [0.3, 0.4) is 0 Å². The van der Waals surface area contributed by atoms with E-state index in [1.54, 1.807) is 0 Å². The van der Waals surface area contributed by atoms with Crippen LogP contribution in [-0.2, 0) is 4.74 Å². The minimum atomic E-state index is 0.350. The molecule has 2 saturated carbocycles. The standard InChI is InChI=1S/C18H29NO/c1-2-3-12-20-14-16-6-10-18(11-7-16)17-8-4-15(13-19)5-9-17/h2-3,15-18H,4-12,14H2,1H3. The number of nitrogens with zero attached hydrogens (tertiary/aromatic N) is 1. The molecule has 0 amide bonds. The monoisotopic (exact) mass is 275 g/mol. The molecule has 0 N–H and O–H groups in total. The van der Waals surface area contributed by atoms with Crippen LogP contribution in [0.2, 0.25) is 0 Å². The molecule has 0 aromatic carbocycles. The zero-order valence-electron chi connectivity index (χ0n) is 12.9. The second kappa shape index (κ2) is 8.47. The van der Waals surface area contributed by atoms with Gasteiger partial charge in [0.25, 0.3) is 0 Å². The maximum atomic E-state index is 8.97. The maximum absolute atomic E-state index is 8.97. The van der Waals surface area contributed by atoms with Crippen molar-refractivity contribution < 1.29 is 4.74 Å². The van der Waals surface area contributed by atoms with Gasteiger partial charge in [0.1, 0.15) is 0 Å². The molecule has 2 aliphatic rings. The Morgan fingerprint density at radius 3 is 2.15 bits per heavy atom. The lowest BCUT2D eigenvalue weighted by molar-refractivity contribution is 0.0801. The third kappa shape index (κ3) is 4.63. The summed E-state index contributed by atoms with van der Waals surface area (Å²) in [6.45, 7) is 3.75. The molecule has 0 unspecified atom stereocenters. The van der Waals surface area contributed by atoms with Crippen LogP contribution in [0.25, 0.3) is 0 Å². The van der Waals surface area contributed by atoms with Gasteiger partial charge in [0, 0.05) is 12.5 Å². The van der Waals surface area contributed by atoms with Gasteiger partial charge in [-0.15, -0.1) is 0 Å². The van der Waals surface area contributed by atoms with Crippen molar-refractivity contribution in [1.82, 2.24) is 0 Å². The first kappa shape index (κ1) is 15.6. The van der Waals surface area contributed by atoms with Crippen LogP contribution in [0, 0.1) is 35.0 Å². The van der Waals surface area contributed by atoms with Gasteiger partial charge in [0.15, 0.2) is 0 Å². The Bertz CT molecular complexity index is 328. The van der Waals surface area contributed by atoms with Crippen LogP contribution >= 0.6 is 0 Å². The number of allylic oxidation sites excluding steroid dienone is 1. The number of hydrogen-bond donors (Lipinski definition) is 0. The molecule has 0 aliphatic heterocycles. The predicted molar refractivity (Wildman–Crippen MR) is 82.1 cm³/mol. The first-order valence-electron chi connectivity index (χ1n) is 8.42. The fourth-order valence-electron chi connectivity index (χ4n) is 3.94. The fourth-order valence-corrected chi connectivity index (χ4v) is 3.94. The molecule has 0 spiro atoms. The van der Waals surface area contributed by atoms with E-state index in [1.807, 2.05) is 6.92 Å². The number of ether oxygens (including phenoxy) is 1. The molecule has 2 nitrogen and oxygen atoms in total. The Kier molecular flexibility index (Phi) is 6.60. The van der Waals surface area contributed by atoms with Gasteiger partial charge in [0.05, 0.1) is 12.7 Å². The van der Waals surface area contributed by atoms with E-state index in [4.69, 9.17) is 10.00 Å². The van der Waals surface area contributed by atoms with E-state index in [9.17, 15) is 0 Å². The average Bonchev–Trinajstić information content (AvgIpc) is 2.52. The van der Waals surface area contributed by atoms with E-state index >= 15 is 0 Å². The van der Waals surface area contributed by atoms with Crippen LogP contribution in [-0.4, -0.2) is 13.2 Å². The molecule has 2 aliphatic carbocycles. The van der Waals surface area contributed by atoms with E-state index in [0.29, 0.717) is 5.92 Å². The normalized spacial score (nSPS) is 35.0. The molecule has 0 heterocycles. The summed E-state index contributed by atoms with van der Waals surface area (Å²) >= 11 is 0. The lowest BCUT2D eigenvalue weighted by Gasteiger charge is -2.36. The summed E-state index contributed by atoms with van der Waals surface area (Å²) in [6, 6.07) is 2.45. The number of rotatable bonds is 5. The lowest BCUT2D eigenvalue weighted by atomic mass is 9.69. The van der Waals surface area contributed by atoms with Crippen LogP contribution < -0.4 is 0 Å². The first-order chi connectivity index (χ1) is 9.83. The lowest BCUT2D eigenvalue weighted by Crippen LogP contribution is -2.26. The van der Waals surface area contributed by atoms with Gasteiger partial charge < -0.3 is 4.74 Å². The molecule has 0 radical (unpaired) electrons. The van der Waals surface area contributed by atoms with E-state index in [2.05, 4.69) is 18.2 Å². The van der Waals surface area contributed by atoms with Crippen molar-refractivity contribution in [3.8, 4) is 6.07 Å². The molecular weight excluding hydrogens is 246 g/mol. The van der Waals surface area contributed by atoms with Gasteiger partial charge in [-0.25, -0.2) is 0 Å². The summed E-state index contributed by atoms with van der Waals surface area (Å²) < 4.78 is 5.70. The van der Waals surface area contributed by atoms with Gasteiger partial charge in [0.2, 0.25) is 0 Å². The second-order valence-electron chi connectivity index (χ2n) is 6.63. The average molecular weight is 275 g/mol. The Morgan fingerprint density at radius 2 is 1.60 bits per heavy atom. The van der Waals surface area contributed by atoms with Gasteiger partial charge in [-0.1, -0.05) is 12.2 Å². The van der Waals surface area contributed by atoms with Gasteiger partial charge in [-0.3, -0.25) is 0 Å². The highest BCUT2D eigenvalue weighted by molar-refractivity contribution is 4.89. The van der Waals surface area contributed by atoms with Crippen LogP contribution in [0.1, 0.15) is 58.3 Å². The summed E-state index contributed by atoms with van der Waals surface area (Å²) in [7, 11) is 0. The van der Waals surface area contributed by atoms with Crippen molar-refractivity contribution in [1.29, 1.82) is 5.26 Å². The van der Waals surface area contributed by atoms with Gasteiger partial charge in [-0.2, -0.15) is 5.26 Å². The van der Waals surface area contributed by atoms with Crippen molar-refractivity contribution in [3.05, 3.63) is 12.2 Å². The molecule has 2 fully saturated rings. The maximum Gasteiger partial charge on any atom is 0.0655 e. The summed E-state index contributed by atoms with van der Waals surface area (Å²) in [6.07, 6.45) is 14.5. The quantitative estimate of drug-likeness (QED) is 0.537. The summed E-state index contributed by atoms with van der Waals surface area (Å²) in [5.41, 5.74) is 0. The largest absolute Gasteiger partial charge is 0.377 e. The molecule has 20 heavy (non-hydrogen) atoms. The van der Waals surface area contributed by atoms with Gasteiger partial charge >= 0.3 is 0 Å². The Labute approximate surface area is 124 Å². The highest BCUT2D eigenvalue weighted by atomic mass is 16.5. The third-order valence-corrected chi connectivity index (χ3v) is 5.32. The highest BCUT2D eigenvalue weighted by Gasteiger charge is 2.30. The topological polar surface area (TPSA) is 33.0 Å². The second-order valence-corrected chi connectivity index (χ2v) is 6.63. The molecule has 0 aromatic rings. The highest BCUT2D eigenvalue weighted by Crippen LogP contribution is 2.41. The summed E-state index contributed by atoms with van der Waals surface area (Å²) in [4.78, 5) is 0. The molecule has 2 rings (SSSR count). The SMILES string of the molecule is CC=CCOCC1CCC(C2CCC(C#N)CC2)CC1. The van der Waals surface area contributed by atoms with Crippen molar-refractivity contribution >= 4 is 0 Å². The van der Waals surface area contributed by atoms with Gasteiger partial charge in [-0.05, 0) is 76.0 Å². The molecule has 0 aromatic heterocycles. The molecule has 0 saturated heterocycles. The Morgan fingerprint density at radius 1 is 1.00 bits per heavy atom. The molecule has 2 heteroatoms. The summed E-state index contributed by atoms with van der Waals surface area (Å²) in [5, 5.41) is 8.97. The molecule has 112 valence electrons. The van der Waals surface area contributed by atoms with Crippen LogP contribution in [0.4, 0.5) is 0 Å². The number of nitriles is 1. The van der Waals surface area contributed by atoms with E-state index in [1.165, 1.54) is 38.5 Å². The predicted octanol–water partition coefficient (Wildman–Crippen LogP) is 4.72. The van der Waals surface area contributed by atoms with E-state index in [-0.39, 0.29) is 0 Å². The van der Waals surface area contributed by atoms with Crippen molar-refractivity contribution in [2.45, 2.75) is 58.3 Å². The zero-order valence-corrected chi connectivity index (χ0v) is 12.9. The smallest absolute Gasteiger partial charge is 0.0655 e. The Balaban J connectivity index is 1.63. The van der Waals surface area contributed by atoms with E-state index < -0.39 is 0 Å². The molecular formula is C18H29NO. The number of hydrogen-bond acceptors (Lipinski definition) is 2. The van der Waals surface area contributed by atoms with E-state index in [0.717, 1.165) is 43.8 Å². The van der Waals surface area contributed by atoms with Crippen molar-refractivity contribution in [2.24, 2.45) is 23.7 Å². The minimum Gasteiger partial charge on any atom is -0.377 e. The van der Waals surface area contributed by atoms with Crippen LogP contribution in [0.5, 0.6) is 0 Å². The Hall–Kier alpha value is -0.810. The van der Waals surface area contributed by atoms with Crippen molar-refractivity contribution in [3.63, 3.8) is 0 Å². The van der Waals surface area contributed by atoms with Crippen molar-refractivity contribution in [2.75, 3.05) is 13.2 Å². The third-order valence-electron chi connectivity index (χ3n) is 5.32. The molecule has 0 atom stereocenters. The van der Waals surface area contributed by atoms with Crippen LogP contribution in [0.15, 0.2) is 12.2 Å². The minimum absolute atomic E-state index is 0.350. The fraction of sp³-hybridized carbons (Fsp3) is 0.833. The first-order valence-corrected chi connectivity index (χ1v) is 8.42. The summed E-state index contributed by atoms with van der Waals surface area (Å²) in [5.74, 6) is 2.97. The molecule has 0 bridgehead atoms. The zero-order chi connectivity index (χ0) is 14.2.